The van der Waals surface area contributed by atoms with Crippen LogP contribution in [0.2, 0.25) is 0 Å². The molecule has 0 atom stereocenters. The molecule has 2 heterocycles. The third-order valence-corrected chi connectivity index (χ3v) is 1.82. The molecule has 0 aliphatic heterocycles. The van der Waals surface area contributed by atoms with Crippen LogP contribution in [0, 0.1) is 6.92 Å². The van der Waals surface area contributed by atoms with Crippen LogP contribution in [-0.2, 0) is 0 Å². The molecule has 0 radical (unpaired) electrons. The van der Waals surface area contributed by atoms with Gasteiger partial charge in [-0.25, -0.2) is 14.6 Å². The SMILES string of the molecule is Cc1ccnc(-n2cncn2)c1N. The van der Waals surface area contributed by atoms with Crippen LogP contribution in [0.5, 0.6) is 0 Å². The van der Waals surface area contributed by atoms with E-state index in [9.17, 15) is 0 Å². The lowest BCUT2D eigenvalue weighted by Gasteiger charge is -2.05. The number of hydrogen-bond donors (Lipinski definition) is 1. The fourth-order valence-electron chi connectivity index (χ4n) is 1.06. The molecule has 0 spiro atoms. The average Bonchev–Trinajstić information content (AvgIpc) is 2.62. The van der Waals surface area contributed by atoms with Crippen molar-refractivity contribution < 1.29 is 0 Å². The lowest BCUT2D eigenvalue weighted by atomic mass is 10.2. The first-order chi connectivity index (χ1) is 6.29. The topological polar surface area (TPSA) is 69.6 Å². The molecule has 0 amide bonds. The van der Waals surface area contributed by atoms with E-state index in [0.717, 1.165) is 5.56 Å². The highest BCUT2D eigenvalue weighted by Crippen LogP contribution is 2.16. The number of nitrogens with zero attached hydrogens (tertiary/aromatic N) is 4. The molecule has 0 saturated carbocycles. The first kappa shape index (κ1) is 7.72. The second-order valence-corrected chi connectivity index (χ2v) is 2.71. The quantitative estimate of drug-likeness (QED) is 0.687. The van der Waals surface area contributed by atoms with Gasteiger partial charge in [-0.15, -0.1) is 0 Å². The minimum Gasteiger partial charge on any atom is -0.395 e. The maximum Gasteiger partial charge on any atom is 0.178 e. The van der Waals surface area contributed by atoms with Crippen molar-refractivity contribution in [3.8, 4) is 5.82 Å². The Morgan fingerprint density at radius 1 is 1.46 bits per heavy atom. The summed E-state index contributed by atoms with van der Waals surface area (Å²) in [6.07, 6.45) is 4.71. The van der Waals surface area contributed by atoms with Gasteiger partial charge in [0.25, 0.3) is 0 Å². The average molecular weight is 175 g/mol. The van der Waals surface area contributed by atoms with Crippen LogP contribution in [0.25, 0.3) is 5.82 Å². The molecule has 0 aliphatic carbocycles. The highest BCUT2D eigenvalue weighted by atomic mass is 15.3. The molecular weight excluding hydrogens is 166 g/mol. The number of aryl methyl sites for hydroxylation is 1. The number of hydrogen-bond acceptors (Lipinski definition) is 4. The smallest absolute Gasteiger partial charge is 0.178 e. The summed E-state index contributed by atoms with van der Waals surface area (Å²) in [4.78, 5) is 7.94. The molecule has 5 heteroatoms. The first-order valence-corrected chi connectivity index (χ1v) is 3.85. The molecular formula is C8H9N5. The number of nitrogen functional groups attached to an aromatic ring is 1. The number of aromatic nitrogens is 4. The summed E-state index contributed by atoms with van der Waals surface area (Å²) in [5, 5.41) is 3.95. The van der Waals surface area contributed by atoms with Crippen molar-refractivity contribution in [3.05, 3.63) is 30.5 Å². The summed E-state index contributed by atoms with van der Waals surface area (Å²) in [7, 11) is 0. The Labute approximate surface area is 75.2 Å². The maximum absolute atomic E-state index is 5.82. The zero-order chi connectivity index (χ0) is 9.26. The van der Waals surface area contributed by atoms with E-state index in [1.807, 2.05) is 13.0 Å². The third-order valence-electron chi connectivity index (χ3n) is 1.82. The van der Waals surface area contributed by atoms with E-state index in [4.69, 9.17) is 5.73 Å². The van der Waals surface area contributed by atoms with Gasteiger partial charge >= 0.3 is 0 Å². The van der Waals surface area contributed by atoms with Gasteiger partial charge in [-0.3, -0.25) is 0 Å². The molecule has 5 nitrogen and oxygen atoms in total. The van der Waals surface area contributed by atoms with Gasteiger partial charge in [0, 0.05) is 6.20 Å². The molecule has 2 aromatic rings. The lowest BCUT2D eigenvalue weighted by Crippen LogP contribution is -2.04. The molecule has 2 N–H and O–H groups in total. The summed E-state index contributed by atoms with van der Waals surface area (Å²) in [6.45, 7) is 1.93. The Morgan fingerprint density at radius 3 is 3.00 bits per heavy atom. The second-order valence-electron chi connectivity index (χ2n) is 2.71. The van der Waals surface area contributed by atoms with Crippen LogP contribution >= 0.6 is 0 Å². The predicted octanol–water partition coefficient (Wildman–Crippen LogP) is 0.553. The minimum atomic E-state index is 0.623. The van der Waals surface area contributed by atoms with E-state index < -0.39 is 0 Å². The number of pyridine rings is 1. The Hall–Kier alpha value is -1.91. The van der Waals surface area contributed by atoms with E-state index >= 15 is 0 Å². The predicted molar refractivity (Wildman–Crippen MR) is 48.3 cm³/mol. The van der Waals surface area contributed by atoms with Crippen LogP contribution in [-0.4, -0.2) is 19.7 Å². The summed E-state index contributed by atoms with van der Waals surface area (Å²) in [6, 6.07) is 1.86. The zero-order valence-corrected chi connectivity index (χ0v) is 7.18. The van der Waals surface area contributed by atoms with Gasteiger partial charge in [0.1, 0.15) is 12.7 Å². The van der Waals surface area contributed by atoms with Crippen molar-refractivity contribution in [1.82, 2.24) is 19.7 Å². The van der Waals surface area contributed by atoms with Crippen molar-refractivity contribution in [2.75, 3.05) is 5.73 Å². The number of rotatable bonds is 1. The number of nitrogens with two attached hydrogens (primary N) is 1. The molecule has 2 aromatic heterocycles. The van der Waals surface area contributed by atoms with Crippen molar-refractivity contribution >= 4 is 5.69 Å². The first-order valence-electron chi connectivity index (χ1n) is 3.85. The Balaban J connectivity index is 2.59. The van der Waals surface area contributed by atoms with Gasteiger partial charge < -0.3 is 5.73 Å². The molecule has 0 unspecified atom stereocenters. The van der Waals surface area contributed by atoms with E-state index in [-0.39, 0.29) is 0 Å². The Bertz CT molecular complexity index is 406. The van der Waals surface area contributed by atoms with Crippen LogP contribution in [0.3, 0.4) is 0 Å². The lowest BCUT2D eigenvalue weighted by molar-refractivity contribution is 0.846. The van der Waals surface area contributed by atoms with E-state index in [1.165, 1.54) is 6.33 Å². The van der Waals surface area contributed by atoms with Crippen molar-refractivity contribution in [1.29, 1.82) is 0 Å². The highest BCUT2D eigenvalue weighted by molar-refractivity contribution is 5.57. The van der Waals surface area contributed by atoms with E-state index in [1.54, 1.807) is 17.2 Å². The molecule has 2 rings (SSSR count). The monoisotopic (exact) mass is 175 g/mol. The molecule has 0 bridgehead atoms. The second kappa shape index (κ2) is 2.85. The standard InChI is InChI=1S/C8H9N5/c1-6-2-3-11-8(7(6)9)13-5-10-4-12-13/h2-5H,9H2,1H3. The van der Waals surface area contributed by atoms with Gasteiger partial charge in [0.15, 0.2) is 5.82 Å². The highest BCUT2D eigenvalue weighted by Gasteiger charge is 2.04. The van der Waals surface area contributed by atoms with Gasteiger partial charge in [0.2, 0.25) is 0 Å². The van der Waals surface area contributed by atoms with E-state index in [0.29, 0.717) is 11.5 Å². The largest absolute Gasteiger partial charge is 0.395 e. The van der Waals surface area contributed by atoms with Gasteiger partial charge in [-0.1, -0.05) is 0 Å². The van der Waals surface area contributed by atoms with Gasteiger partial charge in [0.05, 0.1) is 5.69 Å². The normalized spacial score (nSPS) is 10.2. The van der Waals surface area contributed by atoms with Crippen LogP contribution in [0.4, 0.5) is 5.69 Å². The fraction of sp³-hybridized carbons (Fsp3) is 0.125. The molecule has 0 aromatic carbocycles. The molecule has 13 heavy (non-hydrogen) atoms. The number of anilines is 1. The van der Waals surface area contributed by atoms with Crippen LogP contribution in [0.1, 0.15) is 5.56 Å². The van der Waals surface area contributed by atoms with Crippen LogP contribution in [0.15, 0.2) is 24.9 Å². The Kier molecular flexibility index (Phi) is 1.70. The van der Waals surface area contributed by atoms with E-state index in [2.05, 4.69) is 15.1 Å². The Morgan fingerprint density at radius 2 is 2.31 bits per heavy atom. The molecule has 0 fully saturated rings. The van der Waals surface area contributed by atoms with Crippen molar-refractivity contribution in [2.45, 2.75) is 6.92 Å². The van der Waals surface area contributed by atoms with Gasteiger partial charge in [-0.05, 0) is 18.6 Å². The fourth-order valence-corrected chi connectivity index (χ4v) is 1.06. The summed E-state index contributed by atoms with van der Waals surface area (Å²) in [5.41, 5.74) is 7.44. The summed E-state index contributed by atoms with van der Waals surface area (Å²) in [5.74, 6) is 0.623. The summed E-state index contributed by atoms with van der Waals surface area (Å²) >= 11 is 0. The summed E-state index contributed by atoms with van der Waals surface area (Å²) < 4.78 is 1.54. The maximum atomic E-state index is 5.82. The molecule has 0 aliphatic rings. The minimum absolute atomic E-state index is 0.623. The van der Waals surface area contributed by atoms with Crippen LogP contribution < -0.4 is 5.73 Å². The van der Waals surface area contributed by atoms with Crippen molar-refractivity contribution in [3.63, 3.8) is 0 Å². The zero-order valence-electron chi connectivity index (χ0n) is 7.18. The molecule has 0 saturated heterocycles. The molecule has 66 valence electrons. The third kappa shape index (κ3) is 1.24. The van der Waals surface area contributed by atoms with Gasteiger partial charge in [-0.2, -0.15) is 5.10 Å². The van der Waals surface area contributed by atoms with Crippen molar-refractivity contribution in [2.24, 2.45) is 0 Å².